The van der Waals surface area contributed by atoms with E-state index in [2.05, 4.69) is 10.6 Å². The number of halogens is 2. The van der Waals surface area contributed by atoms with E-state index in [1.165, 1.54) is 66.7 Å². The Morgan fingerprint density at radius 3 is 1.50 bits per heavy atom. The number of ether oxygens (including phenoxy) is 1. The highest BCUT2D eigenvalue weighted by molar-refractivity contribution is 6.06. The fourth-order valence-corrected chi connectivity index (χ4v) is 3.06. The van der Waals surface area contributed by atoms with Crippen LogP contribution in [0.15, 0.2) is 91.0 Å². The molecule has 2 amide bonds. The summed E-state index contributed by atoms with van der Waals surface area (Å²) in [6.45, 7) is 0. The van der Waals surface area contributed by atoms with Crippen LogP contribution in [0.25, 0.3) is 0 Å². The number of nitrogens with one attached hydrogen (secondary N) is 2. The third kappa shape index (κ3) is 5.74. The predicted molar refractivity (Wildman–Crippen MR) is 123 cm³/mol. The maximum Gasteiger partial charge on any atom is 0.255 e. The lowest BCUT2D eigenvalue weighted by molar-refractivity contribution is 0.101. The topological polar surface area (TPSA) is 87.7 Å². The standard InChI is InChI=1S/C26H18F2N2O4/c27-18-5-1-16(2-6-18)25(32)29-20-13-21(30-26(33)17-3-7-19(28)8-4-17)15-24(14-20)34-23-11-9-22(31)10-12-23/h1-15,31H,(H,29,32)(H,30,33). The molecule has 6 nitrogen and oxygen atoms in total. The van der Waals surface area contributed by atoms with Crippen molar-refractivity contribution in [2.75, 3.05) is 10.6 Å². The normalized spacial score (nSPS) is 10.4. The van der Waals surface area contributed by atoms with Crippen LogP contribution in [-0.4, -0.2) is 16.9 Å². The van der Waals surface area contributed by atoms with Gasteiger partial charge in [-0.1, -0.05) is 0 Å². The molecule has 4 aromatic rings. The van der Waals surface area contributed by atoms with E-state index in [1.807, 2.05) is 0 Å². The summed E-state index contributed by atoms with van der Waals surface area (Å²) in [7, 11) is 0. The van der Waals surface area contributed by atoms with Gasteiger partial charge in [-0.25, -0.2) is 8.78 Å². The van der Waals surface area contributed by atoms with E-state index in [9.17, 15) is 23.5 Å². The van der Waals surface area contributed by atoms with E-state index in [0.717, 1.165) is 0 Å². The van der Waals surface area contributed by atoms with Crippen molar-refractivity contribution in [3.05, 3.63) is 114 Å². The minimum absolute atomic E-state index is 0.0694. The summed E-state index contributed by atoms with van der Waals surface area (Å²) in [5.41, 5.74) is 1.09. The summed E-state index contributed by atoms with van der Waals surface area (Å²) in [4.78, 5) is 25.2. The van der Waals surface area contributed by atoms with E-state index < -0.39 is 23.4 Å². The molecule has 0 bridgehead atoms. The Kier molecular flexibility index (Phi) is 6.49. The summed E-state index contributed by atoms with van der Waals surface area (Å²) in [6, 6.07) is 20.7. The van der Waals surface area contributed by atoms with Crippen LogP contribution < -0.4 is 15.4 Å². The predicted octanol–water partition coefficient (Wildman–Crippen LogP) is 5.97. The van der Waals surface area contributed by atoms with Crippen LogP contribution in [0.1, 0.15) is 20.7 Å². The average Bonchev–Trinajstić information content (AvgIpc) is 2.81. The van der Waals surface area contributed by atoms with Gasteiger partial charge in [0.15, 0.2) is 0 Å². The third-order valence-electron chi connectivity index (χ3n) is 4.71. The second kappa shape index (κ2) is 9.83. The van der Waals surface area contributed by atoms with Gasteiger partial charge >= 0.3 is 0 Å². The quantitative estimate of drug-likeness (QED) is 0.331. The Hall–Kier alpha value is -4.72. The second-order valence-electron chi connectivity index (χ2n) is 7.26. The summed E-state index contributed by atoms with van der Waals surface area (Å²) in [5, 5.41) is 14.8. The van der Waals surface area contributed by atoms with Crippen LogP contribution in [-0.2, 0) is 0 Å². The van der Waals surface area contributed by atoms with Gasteiger partial charge in [0.2, 0.25) is 0 Å². The molecular weight excluding hydrogens is 442 g/mol. The molecule has 3 N–H and O–H groups in total. The molecule has 0 aliphatic rings. The Labute approximate surface area is 193 Å². The van der Waals surface area contributed by atoms with Crippen molar-refractivity contribution in [1.82, 2.24) is 0 Å². The van der Waals surface area contributed by atoms with Gasteiger partial charge < -0.3 is 20.5 Å². The van der Waals surface area contributed by atoms with Gasteiger partial charge in [0, 0.05) is 34.6 Å². The summed E-state index contributed by atoms with van der Waals surface area (Å²) < 4.78 is 32.2. The van der Waals surface area contributed by atoms with Crippen molar-refractivity contribution >= 4 is 23.2 Å². The lowest BCUT2D eigenvalue weighted by atomic mass is 10.2. The molecule has 34 heavy (non-hydrogen) atoms. The van der Waals surface area contributed by atoms with Gasteiger partial charge in [-0.3, -0.25) is 9.59 Å². The lowest BCUT2D eigenvalue weighted by Gasteiger charge is -2.13. The van der Waals surface area contributed by atoms with Crippen molar-refractivity contribution in [3.63, 3.8) is 0 Å². The number of amides is 2. The second-order valence-corrected chi connectivity index (χ2v) is 7.26. The van der Waals surface area contributed by atoms with Crippen LogP contribution in [0.2, 0.25) is 0 Å². The molecule has 4 rings (SSSR count). The third-order valence-corrected chi connectivity index (χ3v) is 4.71. The summed E-state index contributed by atoms with van der Waals surface area (Å²) >= 11 is 0. The number of phenolic OH excluding ortho intramolecular Hbond substituents is 1. The zero-order valence-electron chi connectivity index (χ0n) is 17.6. The monoisotopic (exact) mass is 460 g/mol. The molecule has 8 heteroatoms. The molecule has 0 radical (unpaired) electrons. The average molecular weight is 460 g/mol. The van der Waals surface area contributed by atoms with Gasteiger partial charge in [-0.15, -0.1) is 0 Å². The highest BCUT2D eigenvalue weighted by atomic mass is 19.1. The van der Waals surface area contributed by atoms with E-state index in [0.29, 0.717) is 17.1 Å². The number of phenols is 1. The molecule has 0 fully saturated rings. The molecule has 0 saturated carbocycles. The van der Waals surface area contributed by atoms with Gasteiger partial charge in [-0.2, -0.15) is 0 Å². The smallest absolute Gasteiger partial charge is 0.255 e. The molecule has 4 aromatic carbocycles. The molecular formula is C26H18F2N2O4. The fourth-order valence-electron chi connectivity index (χ4n) is 3.06. The van der Waals surface area contributed by atoms with Gasteiger partial charge in [0.1, 0.15) is 28.9 Å². The summed E-state index contributed by atoms with van der Waals surface area (Å²) in [5.74, 6) is -1.14. The highest BCUT2D eigenvalue weighted by Crippen LogP contribution is 2.30. The summed E-state index contributed by atoms with van der Waals surface area (Å²) in [6.07, 6.45) is 0. The number of carbonyl (C=O) groups is 2. The number of rotatable bonds is 6. The Bertz CT molecular complexity index is 1250. The minimum Gasteiger partial charge on any atom is -0.508 e. The van der Waals surface area contributed by atoms with Gasteiger partial charge in [-0.05, 0) is 78.9 Å². The first-order valence-electron chi connectivity index (χ1n) is 10.1. The van der Waals surface area contributed by atoms with Crippen LogP contribution in [0.4, 0.5) is 20.2 Å². The first kappa shape index (κ1) is 22.5. The lowest BCUT2D eigenvalue weighted by Crippen LogP contribution is -2.14. The Morgan fingerprint density at radius 1 is 0.618 bits per heavy atom. The number of benzene rings is 4. The van der Waals surface area contributed by atoms with Crippen molar-refractivity contribution in [2.45, 2.75) is 0 Å². The molecule has 0 aliphatic heterocycles. The van der Waals surface area contributed by atoms with Crippen molar-refractivity contribution in [3.8, 4) is 17.2 Å². The van der Waals surface area contributed by atoms with Crippen molar-refractivity contribution in [1.29, 1.82) is 0 Å². The van der Waals surface area contributed by atoms with Crippen LogP contribution >= 0.6 is 0 Å². The number of anilines is 2. The molecule has 0 unspecified atom stereocenters. The van der Waals surface area contributed by atoms with E-state index in [4.69, 9.17) is 4.74 Å². The highest BCUT2D eigenvalue weighted by Gasteiger charge is 2.12. The molecule has 0 aromatic heterocycles. The Balaban J connectivity index is 1.61. The fraction of sp³-hybridized carbons (Fsp3) is 0. The number of aromatic hydroxyl groups is 1. The van der Waals surface area contributed by atoms with Crippen LogP contribution in [0.3, 0.4) is 0 Å². The van der Waals surface area contributed by atoms with Crippen molar-refractivity contribution < 1.29 is 28.2 Å². The van der Waals surface area contributed by atoms with E-state index in [1.54, 1.807) is 24.3 Å². The number of hydrogen-bond donors (Lipinski definition) is 3. The van der Waals surface area contributed by atoms with E-state index >= 15 is 0 Å². The minimum atomic E-state index is -0.488. The molecule has 0 heterocycles. The SMILES string of the molecule is O=C(Nc1cc(NC(=O)c2ccc(F)cc2)cc(Oc2ccc(O)cc2)c1)c1ccc(F)cc1. The first-order chi connectivity index (χ1) is 16.4. The molecule has 0 saturated heterocycles. The zero-order valence-corrected chi connectivity index (χ0v) is 17.6. The van der Waals surface area contributed by atoms with E-state index in [-0.39, 0.29) is 22.6 Å². The first-order valence-corrected chi connectivity index (χ1v) is 10.1. The van der Waals surface area contributed by atoms with Crippen molar-refractivity contribution in [2.24, 2.45) is 0 Å². The molecule has 170 valence electrons. The largest absolute Gasteiger partial charge is 0.508 e. The molecule has 0 atom stereocenters. The number of carbonyl (C=O) groups excluding carboxylic acids is 2. The Morgan fingerprint density at radius 2 is 1.06 bits per heavy atom. The maximum absolute atomic E-state index is 13.2. The van der Waals surface area contributed by atoms with Crippen LogP contribution in [0, 0.1) is 11.6 Å². The van der Waals surface area contributed by atoms with Gasteiger partial charge in [0.25, 0.3) is 11.8 Å². The maximum atomic E-state index is 13.2. The zero-order chi connectivity index (χ0) is 24.1. The van der Waals surface area contributed by atoms with Crippen LogP contribution in [0.5, 0.6) is 17.2 Å². The molecule has 0 aliphatic carbocycles. The number of hydrogen-bond acceptors (Lipinski definition) is 4. The molecule has 0 spiro atoms. The van der Waals surface area contributed by atoms with Gasteiger partial charge in [0.05, 0.1) is 0 Å².